The molecule has 1 aliphatic rings. The molecule has 1 unspecified atom stereocenters. The van der Waals surface area contributed by atoms with Crippen LogP contribution in [0, 0.1) is 5.92 Å². The highest BCUT2D eigenvalue weighted by Crippen LogP contribution is 2.50. The molecule has 0 saturated carbocycles. The molecule has 0 fully saturated rings. The van der Waals surface area contributed by atoms with Crippen molar-refractivity contribution in [3.63, 3.8) is 0 Å². The third-order valence-electron chi connectivity index (χ3n) is 5.88. The van der Waals surface area contributed by atoms with E-state index < -0.39 is 0 Å². The van der Waals surface area contributed by atoms with Gasteiger partial charge in [0.1, 0.15) is 0 Å². The number of rotatable bonds is 8. The number of anilines is 5. The molecule has 3 aromatic rings. The van der Waals surface area contributed by atoms with Gasteiger partial charge in [0.05, 0.1) is 35.3 Å². The normalized spacial score (nSPS) is 12.2. The first kappa shape index (κ1) is 28.0. The van der Waals surface area contributed by atoms with Crippen LogP contribution in [0.5, 0.6) is 0 Å². The maximum Gasteiger partial charge on any atom is 0.308 e. The van der Waals surface area contributed by atoms with E-state index in [0.717, 1.165) is 31.5 Å². The highest BCUT2D eigenvalue weighted by Gasteiger charge is 2.28. The molecule has 4 rings (SSSR count). The second-order valence-corrected chi connectivity index (χ2v) is 7.98. The summed E-state index contributed by atoms with van der Waals surface area (Å²) in [7, 11) is 0. The van der Waals surface area contributed by atoms with Crippen molar-refractivity contribution in [2.45, 2.75) is 60.8 Å². The molecule has 0 radical (unpaired) electrons. The minimum Gasteiger partial charge on any atom is -0.465 e. The van der Waals surface area contributed by atoms with E-state index in [0.29, 0.717) is 6.61 Å². The Kier molecular flexibility index (Phi) is 11.9. The van der Waals surface area contributed by atoms with E-state index in [1.54, 1.807) is 0 Å². The highest BCUT2D eigenvalue weighted by atomic mass is 16.5. The molecule has 0 N–H and O–H groups in total. The van der Waals surface area contributed by atoms with Crippen molar-refractivity contribution in [1.82, 2.24) is 0 Å². The average Bonchev–Trinajstić information content (AvgIpc) is 2.94. The van der Waals surface area contributed by atoms with Crippen LogP contribution in [0.15, 0.2) is 78.9 Å². The number of para-hydroxylation sites is 5. The number of carbonyl (C=O) groups is 1. The van der Waals surface area contributed by atoms with Gasteiger partial charge in [-0.05, 0) is 55.7 Å². The molecule has 3 aromatic carbocycles. The van der Waals surface area contributed by atoms with Gasteiger partial charge in [-0.2, -0.15) is 0 Å². The zero-order valence-corrected chi connectivity index (χ0v) is 22.3. The van der Waals surface area contributed by atoms with Gasteiger partial charge in [0.25, 0.3) is 0 Å². The molecule has 0 amide bonds. The van der Waals surface area contributed by atoms with Crippen LogP contribution in [0.4, 0.5) is 28.4 Å². The van der Waals surface area contributed by atoms with Gasteiger partial charge >= 0.3 is 5.97 Å². The van der Waals surface area contributed by atoms with Gasteiger partial charge in [0.15, 0.2) is 0 Å². The van der Waals surface area contributed by atoms with Crippen molar-refractivity contribution in [1.29, 1.82) is 0 Å². The van der Waals surface area contributed by atoms with Gasteiger partial charge in [-0.1, -0.05) is 84.0 Å². The zero-order valence-electron chi connectivity index (χ0n) is 22.3. The number of esters is 1. The molecular weight excluding hydrogens is 432 g/mol. The Morgan fingerprint density at radius 2 is 1.23 bits per heavy atom. The summed E-state index contributed by atoms with van der Waals surface area (Å²) in [5.74, 6) is -0.112. The van der Waals surface area contributed by atoms with E-state index in [1.165, 1.54) is 22.7 Å². The number of unbranched alkanes of at least 4 members (excludes halogenated alkanes) is 1. The van der Waals surface area contributed by atoms with E-state index in [-0.39, 0.29) is 11.9 Å². The summed E-state index contributed by atoms with van der Waals surface area (Å²) in [6.07, 6.45) is 2.62. The molecule has 0 aliphatic carbocycles. The summed E-state index contributed by atoms with van der Waals surface area (Å²) in [5.41, 5.74) is 5.90. The fraction of sp³-hybridized carbons (Fsp3) is 0.387. The average molecular weight is 475 g/mol. The van der Waals surface area contributed by atoms with Crippen LogP contribution < -0.4 is 9.80 Å². The minimum absolute atomic E-state index is 0.0233. The molecule has 0 spiro atoms. The van der Waals surface area contributed by atoms with Crippen LogP contribution in [0.3, 0.4) is 0 Å². The van der Waals surface area contributed by atoms with Crippen molar-refractivity contribution in [3.05, 3.63) is 78.9 Å². The van der Waals surface area contributed by atoms with E-state index >= 15 is 0 Å². The summed E-state index contributed by atoms with van der Waals surface area (Å²) in [6, 6.07) is 27.6. The lowest BCUT2D eigenvalue weighted by atomic mass is 10.1. The molecular formula is C31H42N2O2. The summed E-state index contributed by atoms with van der Waals surface area (Å²) in [5, 5.41) is 0. The number of carbonyl (C=O) groups excluding carboxylic acids is 1. The van der Waals surface area contributed by atoms with Crippen molar-refractivity contribution in [3.8, 4) is 0 Å². The minimum atomic E-state index is -0.0883. The van der Waals surface area contributed by atoms with Crippen LogP contribution in [0.1, 0.15) is 60.8 Å². The standard InChI is InChI=1S/C27H30N2O2.2C2H6/c1-3-21(2)27(30)31-20-12-11-19-28-23-15-7-9-17-25(23)29(22-13-5-4-6-14-22)26-18-10-8-16-24(26)28;2*1-2/h4-10,13-18,21H,3,11-12,19-20H2,1-2H3;2*1-2H3. The first-order valence-corrected chi connectivity index (χ1v) is 13.2. The van der Waals surface area contributed by atoms with Gasteiger partial charge in [0.2, 0.25) is 0 Å². The van der Waals surface area contributed by atoms with Crippen LogP contribution in [-0.2, 0) is 9.53 Å². The van der Waals surface area contributed by atoms with E-state index in [1.807, 2.05) is 47.6 Å². The lowest BCUT2D eigenvalue weighted by Gasteiger charge is -2.40. The second-order valence-electron chi connectivity index (χ2n) is 7.98. The first-order chi connectivity index (χ1) is 17.2. The van der Waals surface area contributed by atoms with E-state index in [4.69, 9.17) is 4.74 Å². The number of hydrogen-bond donors (Lipinski definition) is 0. The highest BCUT2D eigenvalue weighted by molar-refractivity contribution is 5.97. The zero-order chi connectivity index (χ0) is 25.6. The Balaban J connectivity index is 0.00000103. The van der Waals surface area contributed by atoms with Gasteiger partial charge in [0, 0.05) is 12.2 Å². The van der Waals surface area contributed by atoms with Crippen LogP contribution in [0.25, 0.3) is 0 Å². The molecule has 0 aromatic heterocycles. The molecule has 1 heterocycles. The summed E-state index contributed by atoms with van der Waals surface area (Å²) in [4.78, 5) is 16.6. The topological polar surface area (TPSA) is 32.8 Å². The van der Waals surface area contributed by atoms with E-state index in [9.17, 15) is 4.79 Å². The Hall–Kier alpha value is -3.27. The number of hydrogen-bond acceptors (Lipinski definition) is 4. The number of ether oxygens (including phenoxy) is 1. The van der Waals surface area contributed by atoms with Crippen molar-refractivity contribution < 1.29 is 9.53 Å². The maximum absolute atomic E-state index is 11.9. The quantitative estimate of drug-likeness (QED) is 0.241. The van der Waals surface area contributed by atoms with Crippen LogP contribution >= 0.6 is 0 Å². The SMILES string of the molecule is CC.CC.CCC(C)C(=O)OCCCCN1c2ccccc2N(c2ccccc2)c2ccccc21. The second kappa shape index (κ2) is 14.9. The summed E-state index contributed by atoms with van der Waals surface area (Å²) >= 11 is 0. The molecule has 4 heteroatoms. The van der Waals surface area contributed by atoms with Crippen molar-refractivity contribution in [2.24, 2.45) is 5.92 Å². The third kappa shape index (κ3) is 6.88. The smallest absolute Gasteiger partial charge is 0.308 e. The molecule has 188 valence electrons. The van der Waals surface area contributed by atoms with Gasteiger partial charge in [-0.15, -0.1) is 0 Å². The Morgan fingerprint density at radius 1 is 0.743 bits per heavy atom. The molecule has 0 saturated heterocycles. The lowest BCUT2D eigenvalue weighted by molar-refractivity contribution is -0.148. The van der Waals surface area contributed by atoms with E-state index in [2.05, 4.69) is 82.6 Å². The lowest BCUT2D eigenvalue weighted by Crippen LogP contribution is -2.28. The van der Waals surface area contributed by atoms with Gasteiger partial charge < -0.3 is 14.5 Å². The summed E-state index contributed by atoms with van der Waals surface area (Å²) in [6.45, 7) is 13.3. The number of benzene rings is 3. The van der Waals surface area contributed by atoms with Crippen molar-refractivity contribution in [2.75, 3.05) is 23.0 Å². The predicted molar refractivity (Wildman–Crippen MR) is 150 cm³/mol. The van der Waals surface area contributed by atoms with Crippen LogP contribution in [0.2, 0.25) is 0 Å². The van der Waals surface area contributed by atoms with Gasteiger partial charge in [-0.25, -0.2) is 0 Å². The molecule has 1 aliphatic heterocycles. The fourth-order valence-corrected chi connectivity index (χ4v) is 3.97. The fourth-order valence-electron chi connectivity index (χ4n) is 3.97. The first-order valence-electron chi connectivity index (χ1n) is 13.2. The predicted octanol–water partition coefficient (Wildman–Crippen LogP) is 9.03. The number of nitrogens with zero attached hydrogens (tertiary/aromatic N) is 2. The number of fused-ring (bicyclic) bond motifs is 2. The monoisotopic (exact) mass is 474 g/mol. The Bertz CT molecular complexity index is 972. The maximum atomic E-state index is 11.9. The third-order valence-corrected chi connectivity index (χ3v) is 5.88. The molecule has 35 heavy (non-hydrogen) atoms. The molecule has 0 bridgehead atoms. The summed E-state index contributed by atoms with van der Waals surface area (Å²) < 4.78 is 5.43. The van der Waals surface area contributed by atoms with Crippen LogP contribution in [-0.4, -0.2) is 19.1 Å². The largest absolute Gasteiger partial charge is 0.465 e. The Morgan fingerprint density at radius 3 is 1.74 bits per heavy atom. The van der Waals surface area contributed by atoms with Crippen molar-refractivity contribution >= 4 is 34.4 Å². The molecule has 4 nitrogen and oxygen atoms in total. The molecule has 1 atom stereocenters. The van der Waals surface area contributed by atoms with Gasteiger partial charge in [-0.3, -0.25) is 4.79 Å². The Labute approximate surface area is 212 Å².